The number of nitrogen functional groups attached to an aromatic ring is 1. The highest BCUT2D eigenvalue weighted by atomic mass is 32.2. The number of aryl methyl sites for hydroxylation is 2. The van der Waals surface area contributed by atoms with Crippen molar-refractivity contribution in [2.24, 2.45) is 5.92 Å². The number of anilines is 2. The molecule has 1 aromatic carbocycles. The van der Waals surface area contributed by atoms with Crippen LogP contribution in [-0.2, 0) is 9.59 Å². The van der Waals surface area contributed by atoms with Gasteiger partial charge in [0.2, 0.25) is 5.91 Å². The Balaban J connectivity index is 2.18. The second-order valence-electron chi connectivity index (χ2n) is 5.39. The maximum Gasteiger partial charge on any atom is 0.227 e. The fourth-order valence-corrected chi connectivity index (χ4v) is 3.23. The molecule has 1 unspecified atom stereocenters. The maximum absolute atomic E-state index is 12.2. The molecule has 1 amide bonds. The van der Waals surface area contributed by atoms with Gasteiger partial charge in [-0.2, -0.15) is 0 Å². The number of hydrogen-bond acceptors (Lipinski definition) is 4. The van der Waals surface area contributed by atoms with Crippen LogP contribution in [0.4, 0.5) is 11.4 Å². The smallest absolute Gasteiger partial charge is 0.227 e. The van der Waals surface area contributed by atoms with Crippen LogP contribution in [0.1, 0.15) is 24.5 Å². The van der Waals surface area contributed by atoms with Gasteiger partial charge in [0.1, 0.15) is 0 Å². The van der Waals surface area contributed by atoms with E-state index in [9.17, 15) is 9.59 Å². The number of hydrogen-bond donors (Lipinski definition) is 1. The minimum absolute atomic E-state index is 0.0934. The molecule has 1 fully saturated rings. The number of thioether (sulfide) groups is 1. The van der Waals surface area contributed by atoms with Gasteiger partial charge < -0.3 is 10.6 Å². The first-order chi connectivity index (χ1) is 9.38. The van der Waals surface area contributed by atoms with E-state index in [1.54, 1.807) is 11.8 Å². The van der Waals surface area contributed by atoms with Crippen molar-refractivity contribution in [3.63, 3.8) is 0 Å². The molecule has 1 saturated heterocycles. The Labute approximate surface area is 123 Å². The Morgan fingerprint density at radius 1 is 1.45 bits per heavy atom. The molecule has 0 radical (unpaired) electrons. The molecule has 108 valence electrons. The number of nitrogens with zero attached hydrogens (tertiary/aromatic N) is 1. The summed E-state index contributed by atoms with van der Waals surface area (Å²) in [6.45, 7) is 6.16. The van der Waals surface area contributed by atoms with Crippen molar-refractivity contribution >= 4 is 34.2 Å². The summed E-state index contributed by atoms with van der Waals surface area (Å²) in [6, 6.07) is 3.98. The highest BCUT2D eigenvalue weighted by Gasteiger charge is 2.32. The third kappa shape index (κ3) is 3.15. The molecule has 1 aliphatic heterocycles. The summed E-state index contributed by atoms with van der Waals surface area (Å²) in [5, 5.41) is 0.0989. The second-order valence-corrected chi connectivity index (χ2v) is 6.59. The number of amides is 1. The SMILES string of the molecule is CC(=O)SCC1CC(=O)N(c2cc(C)cc(C)c2N)C1. The third-order valence-electron chi connectivity index (χ3n) is 3.53. The van der Waals surface area contributed by atoms with Crippen molar-refractivity contribution in [3.8, 4) is 0 Å². The first-order valence-electron chi connectivity index (χ1n) is 6.69. The Kier molecular flexibility index (Phi) is 4.38. The van der Waals surface area contributed by atoms with Crippen LogP contribution < -0.4 is 10.6 Å². The van der Waals surface area contributed by atoms with Gasteiger partial charge in [-0.1, -0.05) is 17.8 Å². The van der Waals surface area contributed by atoms with Crippen molar-refractivity contribution in [2.45, 2.75) is 27.2 Å². The Morgan fingerprint density at radius 2 is 2.15 bits per heavy atom. The van der Waals surface area contributed by atoms with Gasteiger partial charge in [-0.15, -0.1) is 0 Å². The minimum atomic E-state index is 0.0934. The molecule has 2 rings (SSSR count). The number of carbonyl (C=O) groups is 2. The second kappa shape index (κ2) is 5.87. The molecule has 0 bridgehead atoms. The first kappa shape index (κ1) is 14.9. The van der Waals surface area contributed by atoms with E-state index in [2.05, 4.69) is 0 Å². The first-order valence-corrected chi connectivity index (χ1v) is 7.67. The normalized spacial score (nSPS) is 18.6. The molecule has 2 N–H and O–H groups in total. The highest BCUT2D eigenvalue weighted by molar-refractivity contribution is 8.13. The van der Waals surface area contributed by atoms with Gasteiger partial charge in [0.25, 0.3) is 0 Å². The molecule has 1 aromatic rings. The molecule has 1 heterocycles. The Bertz CT molecular complexity index is 557. The largest absolute Gasteiger partial charge is 0.397 e. The number of rotatable bonds is 3. The summed E-state index contributed by atoms with van der Waals surface area (Å²) >= 11 is 1.29. The molecule has 0 aliphatic carbocycles. The molecular formula is C15H20N2O2S. The van der Waals surface area contributed by atoms with Crippen molar-refractivity contribution in [1.29, 1.82) is 0 Å². The number of benzene rings is 1. The summed E-state index contributed by atoms with van der Waals surface area (Å²) < 4.78 is 0. The average Bonchev–Trinajstić information content (AvgIpc) is 2.72. The van der Waals surface area contributed by atoms with Gasteiger partial charge in [-0.05, 0) is 37.0 Å². The highest BCUT2D eigenvalue weighted by Crippen LogP contribution is 2.33. The van der Waals surface area contributed by atoms with E-state index in [0.29, 0.717) is 24.4 Å². The predicted molar refractivity (Wildman–Crippen MR) is 83.9 cm³/mol. The fraction of sp³-hybridized carbons (Fsp3) is 0.467. The van der Waals surface area contributed by atoms with E-state index in [4.69, 9.17) is 5.73 Å². The lowest BCUT2D eigenvalue weighted by Crippen LogP contribution is -2.26. The zero-order valence-corrected chi connectivity index (χ0v) is 12.9. The van der Waals surface area contributed by atoms with Gasteiger partial charge in [-0.3, -0.25) is 9.59 Å². The molecule has 1 atom stereocenters. The molecule has 0 saturated carbocycles. The van der Waals surface area contributed by atoms with Crippen molar-refractivity contribution in [1.82, 2.24) is 0 Å². The average molecular weight is 292 g/mol. The van der Waals surface area contributed by atoms with Crippen LogP contribution in [0.25, 0.3) is 0 Å². The molecular weight excluding hydrogens is 272 g/mol. The zero-order chi connectivity index (χ0) is 14.9. The van der Waals surface area contributed by atoms with Gasteiger partial charge in [0, 0.05) is 25.6 Å². The third-order valence-corrected chi connectivity index (χ3v) is 4.57. The van der Waals surface area contributed by atoms with Crippen molar-refractivity contribution in [3.05, 3.63) is 23.3 Å². The number of nitrogens with two attached hydrogens (primary N) is 1. The summed E-state index contributed by atoms with van der Waals surface area (Å²) in [5.41, 5.74) is 9.68. The van der Waals surface area contributed by atoms with E-state index < -0.39 is 0 Å². The summed E-state index contributed by atoms with van der Waals surface area (Å²) in [7, 11) is 0. The minimum Gasteiger partial charge on any atom is -0.397 e. The summed E-state index contributed by atoms with van der Waals surface area (Å²) in [5.74, 6) is 1.01. The van der Waals surface area contributed by atoms with E-state index in [-0.39, 0.29) is 16.9 Å². The summed E-state index contributed by atoms with van der Waals surface area (Å²) in [4.78, 5) is 25.0. The summed E-state index contributed by atoms with van der Waals surface area (Å²) in [6.07, 6.45) is 0.493. The Morgan fingerprint density at radius 3 is 2.80 bits per heavy atom. The van der Waals surface area contributed by atoms with Crippen LogP contribution in [0, 0.1) is 19.8 Å². The van der Waals surface area contributed by atoms with Crippen LogP contribution in [-0.4, -0.2) is 23.3 Å². The van der Waals surface area contributed by atoms with Gasteiger partial charge in [0.05, 0.1) is 11.4 Å². The van der Waals surface area contributed by atoms with E-state index in [1.165, 1.54) is 11.8 Å². The topological polar surface area (TPSA) is 63.4 Å². The van der Waals surface area contributed by atoms with E-state index >= 15 is 0 Å². The quantitative estimate of drug-likeness (QED) is 0.870. The van der Waals surface area contributed by atoms with Crippen LogP contribution in [0.3, 0.4) is 0 Å². The maximum atomic E-state index is 12.2. The molecule has 0 aromatic heterocycles. The van der Waals surface area contributed by atoms with Crippen LogP contribution in [0.15, 0.2) is 12.1 Å². The molecule has 1 aliphatic rings. The molecule has 0 spiro atoms. The lowest BCUT2D eigenvalue weighted by molar-refractivity contribution is -0.117. The predicted octanol–water partition coefficient (Wildman–Crippen LogP) is 2.52. The van der Waals surface area contributed by atoms with Crippen LogP contribution >= 0.6 is 11.8 Å². The van der Waals surface area contributed by atoms with Crippen molar-refractivity contribution < 1.29 is 9.59 Å². The lowest BCUT2D eigenvalue weighted by Gasteiger charge is -2.20. The molecule has 4 nitrogen and oxygen atoms in total. The van der Waals surface area contributed by atoms with Gasteiger partial charge >= 0.3 is 0 Å². The lowest BCUT2D eigenvalue weighted by atomic mass is 10.1. The van der Waals surface area contributed by atoms with Crippen molar-refractivity contribution in [2.75, 3.05) is 22.9 Å². The van der Waals surface area contributed by atoms with E-state index in [0.717, 1.165) is 16.8 Å². The number of carbonyl (C=O) groups excluding carboxylic acids is 2. The Hall–Kier alpha value is -1.49. The molecule has 20 heavy (non-hydrogen) atoms. The van der Waals surface area contributed by atoms with E-state index in [1.807, 2.05) is 26.0 Å². The van der Waals surface area contributed by atoms with Crippen LogP contribution in [0.2, 0.25) is 0 Å². The monoisotopic (exact) mass is 292 g/mol. The fourth-order valence-electron chi connectivity index (χ4n) is 2.54. The van der Waals surface area contributed by atoms with Crippen LogP contribution in [0.5, 0.6) is 0 Å². The van der Waals surface area contributed by atoms with Gasteiger partial charge in [-0.25, -0.2) is 0 Å². The standard InChI is InChI=1S/C15H20N2O2S/c1-9-4-10(2)15(16)13(5-9)17-7-12(6-14(17)19)8-20-11(3)18/h4-5,12H,6-8,16H2,1-3H3. The zero-order valence-electron chi connectivity index (χ0n) is 12.1. The molecule has 5 heteroatoms. The van der Waals surface area contributed by atoms with Gasteiger partial charge in [0.15, 0.2) is 5.12 Å².